The number of anilines is 2. The number of rotatable bonds is 4. The van der Waals surface area contributed by atoms with Crippen LogP contribution in [-0.2, 0) is 23.5 Å². The molecule has 7 heteroatoms. The van der Waals surface area contributed by atoms with Crippen molar-refractivity contribution in [3.8, 4) is 11.1 Å². The van der Waals surface area contributed by atoms with Crippen molar-refractivity contribution in [2.75, 3.05) is 22.7 Å². The number of nitrogens with zero attached hydrogens (tertiary/aromatic N) is 3. The fourth-order valence-corrected chi connectivity index (χ4v) is 5.48. The third kappa shape index (κ3) is 3.05. The highest BCUT2D eigenvalue weighted by Crippen LogP contribution is 2.38. The first kappa shape index (κ1) is 18.6. The number of fused-ring (bicyclic) bond motifs is 1. The molecule has 2 aromatic carbocycles. The largest absolute Gasteiger partial charge is 0.382 e. The summed E-state index contributed by atoms with van der Waals surface area (Å²) in [7, 11) is -1.85. The fourth-order valence-electron chi connectivity index (χ4n) is 3.70. The van der Waals surface area contributed by atoms with Crippen LogP contribution in [0.5, 0.6) is 0 Å². The van der Waals surface area contributed by atoms with Crippen molar-refractivity contribution in [1.29, 1.82) is 0 Å². The first-order chi connectivity index (χ1) is 13.4. The monoisotopic (exact) mass is 396 g/mol. The van der Waals surface area contributed by atoms with E-state index in [1.54, 1.807) is 21.3 Å². The smallest absolute Gasteiger partial charge is 0.264 e. The molecule has 3 aromatic rings. The molecule has 0 spiro atoms. The molecule has 1 N–H and O–H groups in total. The van der Waals surface area contributed by atoms with Crippen LogP contribution in [0, 0.1) is 6.92 Å². The summed E-state index contributed by atoms with van der Waals surface area (Å²) in [6.07, 6.45) is 4.40. The second kappa shape index (κ2) is 6.98. The molecule has 0 fully saturated rings. The molecule has 0 amide bonds. The average Bonchev–Trinajstić information content (AvgIpc) is 3.13. The van der Waals surface area contributed by atoms with E-state index >= 15 is 0 Å². The van der Waals surface area contributed by atoms with Crippen LogP contribution in [0.4, 0.5) is 11.4 Å². The van der Waals surface area contributed by atoms with E-state index in [9.17, 15) is 8.42 Å². The minimum atomic E-state index is -3.70. The summed E-state index contributed by atoms with van der Waals surface area (Å²) in [6, 6.07) is 11.5. The Bertz CT molecular complexity index is 1120. The van der Waals surface area contributed by atoms with Gasteiger partial charge in [0.25, 0.3) is 10.0 Å². The topological polar surface area (TPSA) is 67.2 Å². The summed E-state index contributed by atoms with van der Waals surface area (Å²) < 4.78 is 30.7. The van der Waals surface area contributed by atoms with E-state index in [-0.39, 0.29) is 0 Å². The van der Waals surface area contributed by atoms with Crippen LogP contribution >= 0.6 is 0 Å². The van der Waals surface area contributed by atoms with Crippen molar-refractivity contribution in [1.82, 2.24) is 9.78 Å². The summed E-state index contributed by atoms with van der Waals surface area (Å²) in [6.45, 7) is 4.88. The summed E-state index contributed by atoms with van der Waals surface area (Å²) in [5.41, 5.74) is 5.14. The Morgan fingerprint density at radius 1 is 1.18 bits per heavy atom. The molecule has 28 heavy (non-hydrogen) atoms. The van der Waals surface area contributed by atoms with Crippen molar-refractivity contribution in [2.45, 2.75) is 25.2 Å². The van der Waals surface area contributed by atoms with Gasteiger partial charge in [-0.15, -0.1) is 0 Å². The molecule has 0 unspecified atom stereocenters. The Morgan fingerprint density at radius 3 is 2.71 bits per heavy atom. The number of aryl methyl sites for hydroxylation is 3. The minimum Gasteiger partial charge on any atom is -0.382 e. The van der Waals surface area contributed by atoms with Gasteiger partial charge >= 0.3 is 0 Å². The summed E-state index contributed by atoms with van der Waals surface area (Å²) in [5.74, 6) is 0. The number of sulfonamides is 1. The lowest BCUT2D eigenvalue weighted by molar-refractivity contribution is 0.590. The second-order valence-electron chi connectivity index (χ2n) is 7.05. The lowest BCUT2D eigenvalue weighted by atomic mass is 10.1. The molecular formula is C21H24N4O2S. The van der Waals surface area contributed by atoms with E-state index in [1.165, 1.54) is 0 Å². The van der Waals surface area contributed by atoms with Crippen LogP contribution in [0.3, 0.4) is 0 Å². The van der Waals surface area contributed by atoms with Gasteiger partial charge in [-0.3, -0.25) is 8.99 Å². The van der Waals surface area contributed by atoms with Crippen molar-refractivity contribution in [3.05, 3.63) is 59.9 Å². The Labute approximate surface area is 165 Å². The summed E-state index contributed by atoms with van der Waals surface area (Å²) in [4.78, 5) is 0.340. The number of hydrogen-bond acceptors (Lipinski definition) is 4. The SMILES string of the molecule is CCc1cccc2c1N(S(=O)(=O)c1cc(-c3cnn(C)c3)ccc1C)CCN2. The van der Waals surface area contributed by atoms with Gasteiger partial charge in [-0.05, 0) is 42.2 Å². The van der Waals surface area contributed by atoms with Crippen LogP contribution in [-0.4, -0.2) is 31.3 Å². The predicted molar refractivity (Wildman–Crippen MR) is 112 cm³/mol. The maximum atomic E-state index is 13.7. The van der Waals surface area contributed by atoms with Gasteiger partial charge in [0.1, 0.15) is 0 Å². The zero-order valence-electron chi connectivity index (χ0n) is 16.3. The Hall–Kier alpha value is -2.80. The van der Waals surface area contributed by atoms with Gasteiger partial charge in [0.15, 0.2) is 0 Å². The number of benzene rings is 2. The highest BCUT2D eigenvalue weighted by atomic mass is 32.2. The molecule has 6 nitrogen and oxygen atoms in total. The second-order valence-corrected chi connectivity index (χ2v) is 8.88. The van der Waals surface area contributed by atoms with Gasteiger partial charge in [-0.25, -0.2) is 8.42 Å². The Morgan fingerprint density at radius 2 is 2.00 bits per heavy atom. The quantitative estimate of drug-likeness (QED) is 0.732. The van der Waals surface area contributed by atoms with Crippen molar-refractivity contribution in [3.63, 3.8) is 0 Å². The van der Waals surface area contributed by atoms with E-state index in [0.29, 0.717) is 18.0 Å². The average molecular weight is 397 g/mol. The normalized spacial score (nSPS) is 13.9. The molecule has 1 aliphatic rings. The third-order valence-electron chi connectivity index (χ3n) is 5.17. The zero-order chi connectivity index (χ0) is 19.9. The van der Waals surface area contributed by atoms with Crippen molar-refractivity contribution < 1.29 is 8.42 Å². The molecule has 146 valence electrons. The highest BCUT2D eigenvalue weighted by molar-refractivity contribution is 7.93. The molecule has 4 rings (SSSR count). The number of para-hydroxylation sites is 1. The molecule has 1 aliphatic heterocycles. The van der Waals surface area contributed by atoms with E-state index in [0.717, 1.165) is 40.0 Å². The van der Waals surface area contributed by atoms with Gasteiger partial charge < -0.3 is 5.32 Å². The first-order valence-corrected chi connectivity index (χ1v) is 10.8. The van der Waals surface area contributed by atoms with Gasteiger partial charge in [-0.2, -0.15) is 5.10 Å². The summed E-state index contributed by atoms with van der Waals surface area (Å²) >= 11 is 0. The molecular weight excluding hydrogens is 372 g/mol. The van der Waals surface area contributed by atoms with Crippen LogP contribution in [0.15, 0.2) is 53.7 Å². The number of nitrogens with one attached hydrogen (secondary N) is 1. The number of aromatic nitrogens is 2. The zero-order valence-corrected chi connectivity index (χ0v) is 17.1. The van der Waals surface area contributed by atoms with E-state index in [1.807, 2.05) is 57.4 Å². The van der Waals surface area contributed by atoms with Crippen LogP contribution in [0.2, 0.25) is 0 Å². The molecule has 0 saturated carbocycles. The Kier molecular flexibility index (Phi) is 4.63. The molecule has 0 aliphatic carbocycles. The maximum absolute atomic E-state index is 13.7. The van der Waals surface area contributed by atoms with Gasteiger partial charge in [0.05, 0.1) is 29.0 Å². The molecule has 0 saturated heterocycles. The predicted octanol–water partition coefficient (Wildman–Crippen LogP) is 3.58. The highest BCUT2D eigenvalue weighted by Gasteiger charge is 2.32. The number of hydrogen-bond donors (Lipinski definition) is 1. The molecule has 0 bridgehead atoms. The van der Waals surface area contributed by atoms with Gasteiger partial charge in [-0.1, -0.05) is 31.2 Å². The third-order valence-corrected chi connectivity index (χ3v) is 7.12. The molecule has 2 heterocycles. The fraction of sp³-hybridized carbons (Fsp3) is 0.286. The molecule has 0 atom stereocenters. The van der Waals surface area contributed by atoms with E-state index in [2.05, 4.69) is 10.4 Å². The maximum Gasteiger partial charge on any atom is 0.264 e. The summed E-state index contributed by atoms with van der Waals surface area (Å²) in [5, 5.41) is 7.53. The van der Waals surface area contributed by atoms with Gasteiger partial charge in [0.2, 0.25) is 0 Å². The van der Waals surface area contributed by atoms with E-state index in [4.69, 9.17) is 0 Å². The van der Waals surface area contributed by atoms with Crippen LogP contribution in [0.1, 0.15) is 18.1 Å². The lowest BCUT2D eigenvalue weighted by Gasteiger charge is -2.33. The van der Waals surface area contributed by atoms with Gasteiger partial charge in [0, 0.05) is 25.4 Å². The van der Waals surface area contributed by atoms with Crippen molar-refractivity contribution >= 4 is 21.4 Å². The standard InChI is InChI=1S/C21H24N4O2S/c1-4-16-6-5-7-19-21(16)25(11-10-22-19)28(26,27)20-12-17(9-8-15(20)2)18-13-23-24(3)14-18/h5-9,12-14,22H,4,10-11H2,1-3H3. The minimum absolute atomic E-state index is 0.340. The van der Waals surface area contributed by atoms with Crippen molar-refractivity contribution in [2.24, 2.45) is 7.05 Å². The van der Waals surface area contributed by atoms with Crippen LogP contribution < -0.4 is 9.62 Å². The lowest BCUT2D eigenvalue weighted by Crippen LogP contribution is -2.39. The molecule has 1 aromatic heterocycles. The van der Waals surface area contributed by atoms with E-state index < -0.39 is 10.0 Å². The Balaban J connectivity index is 1.85. The van der Waals surface area contributed by atoms with Crippen LogP contribution in [0.25, 0.3) is 11.1 Å². The molecule has 0 radical (unpaired) electrons. The first-order valence-electron chi connectivity index (χ1n) is 9.40.